The number of amides is 1. The lowest BCUT2D eigenvalue weighted by Crippen LogP contribution is -2.41. The molecule has 1 atom stereocenters. The summed E-state index contributed by atoms with van der Waals surface area (Å²) < 4.78 is 9.31. The monoisotopic (exact) mass is 226 g/mol. The van der Waals surface area contributed by atoms with Crippen LogP contribution in [0, 0.1) is 6.92 Å². The van der Waals surface area contributed by atoms with E-state index in [4.69, 9.17) is 4.52 Å². The van der Waals surface area contributed by atoms with Gasteiger partial charge in [0, 0.05) is 6.07 Å². The highest BCUT2D eigenvalue weighted by molar-refractivity contribution is 5.95. The minimum absolute atomic E-state index is 0.153. The van der Waals surface area contributed by atoms with Crippen molar-refractivity contribution in [3.63, 3.8) is 0 Å². The van der Waals surface area contributed by atoms with Gasteiger partial charge in [-0.1, -0.05) is 12.1 Å². The average Bonchev–Trinajstić information content (AvgIpc) is 2.71. The molecule has 0 spiro atoms. The first-order chi connectivity index (χ1) is 7.58. The van der Waals surface area contributed by atoms with Gasteiger partial charge in [0.2, 0.25) is 0 Å². The molecule has 1 amide bonds. The van der Waals surface area contributed by atoms with Gasteiger partial charge in [-0.2, -0.15) is 0 Å². The summed E-state index contributed by atoms with van der Waals surface area (Å²) >= 11 is 0. The summed E-state index contributed by atoms with van der Waals surface area (Å²) in [7, 11) is 1.28. The van der Waals surface area contributed by atoms with Crippen molar-refractivity contribution in [1.82, 2.24) is 10.5 Å². The number of esters is 1. The Balaban J connectivity index is 2.66. The molecule has 1 heterocycles. The molecule has 0 fully saturated rings. The number of ether oxygens (including phenoxy) is 1. The lowest BCUT2D eigenvalue weighted by molar-refractivity contribution is -0.142. The van der Waals surface area contributed by atoms with Crippen molar-refractivity contribution in [3.8, 4) is 0 Å². The van der Waals surface area contributed by atoms with Gasteiger partial charge >= 0.3 is 5.97 Å². The Morgan fingerprint density at radius 3 is 2.75 bits per heavy atom. The van der Waals surface area contributed by atoms with Gasteiger partial charge in [-0.15, -0.1) is 0 Å². The van der Waals surface area contributed by atoms with Crippen molar-refractivity contribution < 1.29 is 18.8 Å². The van der Waals surface area contributed by atoms with E-state index in [2.05, 4.69) is 15.2 Å². The van der Waals surface area contributed by atoms with E-state index in [1.165, 1.54) is 13.2 Å². The minimum Gasteiger partial charge on any atom is -0.467 e. The van der Waals surface area contributed by atoms with Crippen LogP contribution in [0.25, 0.3) is 0 Å². The van der Waals surface area contributed by atoms with Crippen molar-refractivity contribution in [2.45, 2.75) is 26.3 Å². The van der Waals surface area contributed by atoms with Crippen LogP contribution in [0.2, 0.25) is 0 Å². The van der Waals surface area contributed by atoms with E-state index in [9.17, 15) is 9.59 Å². The molecule has 0 aliphatic carbocycles. The van der Waals surface area contributed by atoms with E-state index in [0.717, 1.165) is 0 Å². The van der Waals surface area contributed by atoms with E-state index in [0.29, 0.717) is 12.2 Å². The zero-order valence-corrected chi connectivity index (χ0v) is 9.44. The molecular weight excluding hydrogens is 212 g/mol. The smallest absolute Gasteiger partial charge is 0.328 e. The number of carbonyl (C=O) groups is 2. The highest BCUT2D eigenvalue weighted by Gasteiger charge is 2.21. The van der Waals surface area contributed by atoms with Gasteiger partial charge in [0.25, 0.3) is 5.91 Å². The van der Waals surface area contributed by atoms with Gasteiger partial charge in [0.1, 0.15) is 11.8 Å². The Kier molecular flexibility index (Phi) is 4.04. The first-order valence-electron chi connectivity index (χ1n) is 4.90. The second kappa shape index (κ2) is 5.29. The maximum Gasteiger partial charge on any atom is 0.328 e. The number of methoxy groups -OCH3 is 1. The van der Waals surface area contributed by atoms with Crippen molar-refractivity contribution >= 4 is 11.9 Å². The van der Waals surface area contributed by atoms with Crippen LogP contribution in [0.5, 0.6) is 0 Å². The number of nitrogens with zero attached hydrogens (tertiary/aromatic N) is 1. The number of aryl methyl sites for hydroxylation is 1. The van der Waals surface area contributed by atoms with Crippen LogP contribution in [-0.2, 0) is 9.53 Å². The third-order valence-corrected chi connectivity index (χ3v) is 2.06. The molecular formula is C10H14N2O4. The van der Waals surface area contributed by atoms with Crippen molar-refractivity contribution in [3.05, 3.63) is 17.5 Å². The van der Waals surface area contributed by atoms with E-state index in [1.54, 1.807) is 13.8 Å². The van der Waals surface area contributed by atoms with Gasteiger partial charge in [0.05, 0.1) is 7.11 Å². The minimum atomic E-state index is -0.658. The molecule has 0 unspecified atom stereocenters. The first kappa shape index (κ1) is 12.2. The maximum atomic E-state index is 11.6. The average molecular weight is 226 g/mol. The fourth-order valence-electron chi connectivity index (χ4n) is 1.18. The summed E-state index contributed by atoms with van der Waals surface area (Å²) in [6.45, 7) is 3.46. The second-order valence-corrected chi connectivity index (χ2v) is 3.28. The third kappa shape index (κ3) is 2.82. The molecule has 0 radical (unpaired) electrons. The van der Waals surface area contributed by atoms with Crippen LogP contribution in [0.15, 0.2) is 10.6 Å². The number of carbonyl (C=O) groups excluding carboxylic acids is 2. The Morgan fingerprint density at radius 1 is 1.62 bits per heavy atom. The van der Waals surface area contributed by atoms with Gasteiger partial charge in [-0.05, 0) is 13.3 Å². The number of nitrogens with one attached hydrogen (secondary N) is 1. The van der Waals surface area contributed by atoms with E-state index in [-0.39, 0.29) is 5.69 Å². The predicted octanol–water partition coefficient (Wildman–Crippen LogP) is 0.664. The predicted molar refractivity (Wildman–Crippen MR) is 54.8 cm³/mol. The molecule has 0 bridgehead atoms. The van der Waals surface area contributed by atoms with Gasteiger partial charge in [0.15, 0.2) is 5.69 Å². The zero-order valence-electron chi connectivity index (χ0n) is 9.44. The molecule has 16 heavy (non-hydrogen) atoms. The van der Waals surface area contributed by atoms with E-state index >= 15 is 0 Å². The molecule has 1 rings (SSSR count). The molecule has 0 saturated heterocycles. The number of hydrogen-bond donors (Lipinski definition) is 1. The van der Waals surface area contributed by atoms with Crippen LogP contribution in [0.4, 0.5) is 0 Å². The van der Waals surface area contributed by atoms with Crippen molar-refractivity contribution in [2.75, 3.05) is 7.11 Å². The fourth-order valence-corrected chi connectivity index (χ4v) is 1.18. The molecule has 1 N–H and O–H groups in total. The summed E-state index contributed by atoms with van der Waals surface area (Å²) in [5, 5.41) is 6.06. The van der Waals surface area contributed by atoms with Gasteiger partial charge in [-0.3, -0.25) is 4.79 Å². The quantitative estimate of drug-likeness (QED) is 0.763. The summed E-state index contributed by atoms with van der Waals surface area (Å²) in [5.41, 5.74) is 0.153. The summed E-state index contributed by atoms with van der Waals surface area (Å²) in [6, 6.07) is 0.841. The standard InChI is InChI=1S/C10H14N2O4/c1-4-7(10(14)15-3)11-9(13)8-5-6(2)16-12-8/h5,7H,4H2,1-3H3,(H,11,13)/t7-/m0/s1. The molecule has 0 saturated carbocycles. The molecule has 1 aromatic heterocycles. The van der Waals surface area contributed by atoms with Gasteiger partial charge < -0.3 is 14.6 Å². The lowest BCUT2D eigenvalue weighted by atomic mass is 10.2. The SMILES string of the molecule is CC[C@H](NC(=O)c1cc(C)on1)C(=O)OC. The molecule has 0 aliphatic heterocycles. The van der Waals surface area contributed by atoms with Crippen LogP contribution < -0.4 is 5.32 Å². The largest absolute Gasteiger partial charge is 0.467 e. The number of aromatic nitrogens is 1. The molecule has 88 valence electrons. The van der Waals surface area contributed by atoms with Crippen molar-refractivity contribution in [2.24, 2.45) is 0 Å². The molecule has 1 aromatic rings. The highest BCUT2D eigenvalue weighted by Crippen LogP contribution is 2.03. The normalized spacial score (nSPS) is 11.9. The molecule has 6 heteroatoms. The highest BCUT2D eigenvalue weighted by atomic mass is 16.5. The molecule has 0 aliphatic rings. The Hall–Kier alpha value is -1.85. The van der Waals surface area contributed by atoms with E-state index in [1.807, 2.05) is 0 Å². The first-order valence-corrected chi connectivity index (χ1v) is 4.90. The second-order valence-electron chi connectivity index (χ2n) is 3.28. The third-order valence-electron chi connectivity index (χ3n) is 2.06. The van der Waals surface area contributed by atoms with Crippen LogP contribution in [-0.4, -0.2) is 30.2 Å². The number of rotatable bonds is 4. The molecule has 6 nitrogen and oxygen atoms in total. The Bertz CT molecular complexity index is 386. The Morgan fingerprint density at radius 2 is 2.31 bits per heavy atom. The summed E-state index contributed by atoms with van der Waals surface area (Å²) in [4.78, 5) is 22.8. The van der Waals surface area contributed by atoms with E-state index < -0.39 is 17.9 Å². The Labute approximate surface area is 92.9 Å². The van der Waals surface area contributed by atoms with Crippen molar-refractivity contribution in [1.29, 1.82) is 0 Å². The number of hydrogen-bond acceptors (Lipinski definition) is 5. The van der Waals surface area contributed by atoms with Crippen LogP contribution >= 0.6 is 0 Å². The van der Waals surface area contributed by atoms with Gasteiger partial charge in [-0.25, -0.2) is 4.79 Å². The van der Waals surface area contributed by atoms with Crippen LogP contribution in [0.3, 0.4) is 0 Å². The topological polar surface area (TPSA) is 81.4 Å². The van der Waals surface area contributed by atoms with Crippen LogP contribution in [0.1, 0.15) is 29.6 Å². The summed E-state index contributed by atoms with van der Waals surface area (Å²) in [5.74, 6) is -0.388. The lowest BCUT2D eigenvalue weighted by Gasteiger charge is -2.12. The zero-order chi connectivity index (χ0) is 12.1. The fraction of sp³-hybridized carbons (Fsp3) is 0.500. The molecule has 0 aromatic carbocycles. The summed E-state index contributed by atoms with van der Waals surface area (Å²) in [6.07, 6.45) is 0.454. The maximum absolute atomic E-state index is 11.6.